The van der Waals surface area contributed by atoms with E-state index in [1.165, 1.54) is 0 Å². The second kappa shape index (κ2) is 6.60. The number of ether oxygens (including phenoxy) is 1. The Morgan fingerprint density at radius 3 is 2.75 bits per heavy atom. The van der Waals surface area contributed by atoms with Gasteiger partial charge in [0.2, 0.25) is 5.89 Å². The summed E-state index contributed by atoms with van der Waals surface area (Å²) in [4.78, 5) is 4.28. The highest BCUT2D eigenvalue weighted by atomic mass is 16.5. The zero-order valence-electron chi connectivity index (χ0n) is 10.3. The summed E-state index contributed by atoms with van der Waals surface area (Å²) in [6.07, 6.45) is 2.76. The molecule has 2 atom stereocenters. The van der Waals surface area contributed by atoms with Gasteiger partial charge < -0.3 is 15.0 Å². The van der Waals surface area contributed by atoms with Crippen LogP contribution in [0.3, 0.4) is 0 Å². The van der Waals surface area contributed by atoms with E-state index in [1.807, 2.05) is 6.92 Å². The molecule has 1 heterocycles. The van der Waals surface area contributed by atoms with Gasteiger partial charge in [-0.15, -0.1) is 0 Å². The van der Waals surface area contributed by atoms with Gasteiger partial charge in [-0.1, -0.05) is 12.1 Å². The molecular weight excluding hydrogens is 206 g/mol. The lowest BCUT2D eigenvalue weighted by Gasteiger charge is -2.06. The lowest BCUT2D eigenvalue weighted by atomic mass is 10.0. The SMILES string of the molecule is COC(C)c1noc(CCC(C)CCN)n1. The quantitative estimate of drug-likeness (QED) is 0.767. The van der Waals surface area contributed by atoms with E-state index in [0.29, 0.717) is 17.6 Å². The van der Waals surface area contributed by atoms with Gasteiger partial charge in [0.25, 0.3) is 0 Å². The van der Waals surface area contributed by atoms with E-state index in [1.54, 1.807) is 7.11 Å². The van der Waals surface area contributed by atoms with Gasteiger partial charge in [-0.2, -0.15) is 4.98 Å². The monoisotopic (exact) mass is 227 g/mol. The van der Waals surface area contributed by atoms with Crippen LogP contribution < -0.4 is 5.73 Å². The van der Waals surface area contributed by atoms with Crippen LogP contribution in [0.1, 0.15) is 44.5 Å². The summed E-state index contributed by atoms with van der Waals surface area (Å²) in [5, 5.41) is 3.88. The van der Waals surface area contributed by atoms with E-state index < -0.39 is 0 Å². The molecule has 16 heavy (non-hydrogen) atoms. The third-order valence-electron chi connectivity index (χ3n) is 2.71. The van der Waals surface area contributed by atoms with Gasteiger partial charge in [0, 0.05) is 13.5 Å². The Balaban J connectivity index is 2.40. The number of aryl methyl sites for hydroxylation is 1. The summed E-state index contributed by atoms with van der Waals surface area (Å²) in [7, 11) is 1.63. The van der Waals surface area contributed by atoms with E-state index in [0.717, 1.165) is 25.8 Å². The van der Waals surface area contributed by atoms with E-state index >= 15 is 0 Å². The molecule has 0 saturated carbocycles. The van der Waals surface area contributed by atoms with Crippen molar-refractivity contribution < 1.29 is 9.26 Å². The van der Waals surface area contributed by atoms with Gasteiger partial charge in [0.15, 0.2) is 5.82 Å². The van der Waals surface area contributed by atoms with E-state index in [9.17, 15) is 0 Å². The highest BCUT2D eigenvalue weighted by molar-refractivity contribution is 4.89. The Hall–Kier alpha value is -0.940. The van der Waals surface area contributed by atoms with Crippen LogP contribution >= 0.6 is 0 Å². The summed E-state index contributed by atoms with van der Waals surface area (Å²) in [6, 6.07) is 0. The van der Waals surface area contributed by atoms with Crippen LogP contribution in [-0.4, -0.2) is 23.8 Å². The minimum atomic E-state index is -0.112. The molecule has 0 saturated heterocycles. The molecule has 1 rings (SSSR count). The number of nitrogens with zero attached hydrogens (tertiary/aromatic N) is 2. The zero-order chi connectivity index (χ0) is 12.0. The number of rotatable bonds is 7. The van der Waals surface area contributed by atoms with Crippen LogP contribution in [0.2, 0.25) is 0 Å². The summed E-state index contributed by atoms with van der Waals surface area (Å²) in [6.45, 7) is 4.81. The molecule has 1 aromatic rings. The predicted octanol–water partition coefficient (Wildman–Crippen LogP) is 1.69. The standard InChI is InChI=1S/C11H21N3O2/c1-8(6-7-12)4-5-10-13-11(14-16-10)9(2)15-3/h8-9H,4-7,12H2,1-3H3. The number of hydrogen-bond donors (Lipinski definition) is 1. The zero-order valence-corrected chi connectivity index (χ0v) is 10.3. The Bertz CT molecular complexity index is 301. The second-order valence-corrected chi connectivity index (χ2v) is 4.15. The molecule has 1 aromatic heterocycles. The van der Waals surface area contributed by atoms with E-state index in [2.05, 4.69) is 17.1 Å². The smallest absolute Gasteiger partial charge is 0.226 e. The number of aromatic nitrogens is 2. The van der Waals surface area contributed by atoms with E-state index in [-0.39, 0.29) is 6.10 Å². The normalized spacial score (nSPS) is 15.0. The summed E-state index contributed by atoms with van der Waals surface area (Å²) in [5.74, 6) is 1.90. The van der Waals surface area contributed by atoms with Crippen LogP contribution in [0, 0.1) is 5.92 Å². The van der Waals surface area contributed by atoms with Crippen LogP contribution in [-0.2, 0) is 11.2 Å². The highest BCUT2D eigenvalue weighted by Crippen LogP contribution is 2.14. The molecule has 5 nitrogen and oxygen atoms in total. The average molecular weight is 227 g/mol. The van der Waals surface area contributed by atoms with Crippen LogP contribution in [0.5, 0.6) is 0 Å². The fraction of sp³-hybridized carbons (Fsp3) is 0.818. The molecule has 0 aromatic carbocycles. The van der Waals surface area contributed by atoms with Crippen molar-refractivity contribution in [3.8, 4) is 0 Å². The van der Waals surface area contributed by atoms with Crippen molar-refractivity contribution in [3.05, 3.63) is 11.7 Å². The topological polar surface area (TPSA) is 74.2 Å². The van der Waals surface area contributed by atoms with Crippen molar-refractivity contribution >= 4 is 0 Å². The maximum Gasteiger partial charge on any atom is 0.226 e. The lowest BCUT2D eigenvalue weighted by molar-refractivity contribution is 0.109. The molecule has 0 spiro atoms. The molecule has 2 unspecified atom stereocenters. The first kappa shape index (κ1) is 13.1. The third kappa shape index (κ3) is 3.90. The summed E-state index contributed by atoms with van der Waals surface area (Å²) >= 11 is 0. The molecule has 0 aliphatic rings. The number of hydrogen-bond acceptors (Lipinski definition) is 5. The minimum Gasteiger partial charge on any atom is -0.374 e. The van der Waals surface area contributed by atoms with Crippen molar-refractivity contribution in [2.45, 2.75) is 39.2 Å². The molecular formula is C11H21N3O2. The Morgan fingerprint density at radius 2 is 2.12 bits per heavy atom. The van der Waals surface area contributed by atoms with Crippen molar-refractivity contribution in [1.82, 2.24) is 10.1 Å². The molecule has 0 aliphatic heterocycles. The Labute approximate surface area is 96.4 Å². The van der Waals surface area contributed by atoms with Gasteiger partial charge in [0.05, 0.1) is 0 Å². The van der Waals surface area contributed by atoms with E-state index in [4.69, 9.17) is 15.0 Å². The lowest BCUT2D eigenvalue weighted by Crippen LogP contribution is -2.06. The summed E-state index contributed by atoms with van der Waals surface area (Å²) < 4.78 is 10.3. The Kier molecular flexibility index (Phi) is 5.42. The van der Waals surface area contributed by atoms with Gasteiger partial charge in [-0.25, -0.2) is 0 Å². The molecule has 0 bridgehead atoms. The minimum absolute atomic E-state index is 0.112. The number of nitrogens with two attached hydrogens (primary N) is 1. The third-order valence-corrected chi connectivity index (χ3v) is 2.71. The maximum atomic E-state index is 5.49. The van der Waals surface area contributed by atoms with Gasteiger partial charge in [0.1, 0.15) is 6.10 Å². The molecule has 2 N–H and O–H groups in total. The van der Waals surface area contributed by atoms with Gasteiger partial charge in [-0.05, 0) is 32.2 Å². The Morgan fingerprint density at radius 1 is 1.38 bits per heavy atom. The molecule has 92 valence electrons. The fourth-order valence-corrected chi connectivity index (χ4v) is 1.44. The molecule has 0 amide bonds. The van der Waals surface area contributed by atoms with Crippen LogP contribution in [0.4, 0.5) is 0 Å². The van der Waals surface area contributed by atoms with Crippen molar-refractivity contribution in [2.24, 2.45) is 11.7 Å². The first-order chi connectivity index (χ1) is 7.67. The van der Waals surface area contributed by atoms with Gasteiger partial charge in [-0.3, -0.25) is 0 Å². The molecule has 0 fully saturated rings. The highest BCUT2D eigenvalue weighted by Gasteiger charge is 2.13. The van der Waals surface area contributed by atoms with Crippen molar-refractivity contribution in [2.75, 3.05) is 13.7 Å². The molecule has 0 radical (unpaired) electrons. The summed E-state index contributed by atoms with van der Waals surface area (Å²) in [5.41, 5.74) is 5.49. The van der Waals surface area contributed by atoms with Crippen LogP contribution in [0.25, 0.3) is 0 Å². The fourth-order valence-electron chi connectivity index (χ4n) is 1.44. The van der Waals surface area contributed by atoms with Crippen molar-refractivity contribution in [1.29, 1.82) is 0 Å². The molecule has 5 heteroatoms. The van der Waals surface area contributed by atoms with Crippen molar-refractivity contribution in [3.63, 3.8) is 0 Å². The first-order valence-electron chi connectivity index (χ1n) is 5.72. The van der Waals surface area contributed by atoms with Crippen LogP contribution in [0.15, 0.2) is 4.52 Å². The average Bonchev–Trinajstić information content (AvgIpc) is 2.74. The number of methoxy groups -OCH3 is 1. The maximum absolute atomic E-state index is 5.49. The molecule has 0 aliphatic carbocycles. The second-order valence-electron chi connectivity index (χ2n) is 4.15. The van der Waals surface area contributed by atoms with Gasteiger partial charge >= 0.3 is 0 Å². The largest absolute Gasteiger partial charge is 0.374 e. The first-order valence-corrected chi connectivity index (χ1v) is 5.72. The predicted molar refractivity (Wildman–Crippen MR) is 60.9 cm³/mol.